The molecule has 7 heteroatoms. The van der Waals surface area contributed by atoms with E-state index in [1.807, 2.05) is 55.5 Å². The van der Waals surface area contributed by atoms with E-state index >= 15 is 0 Å². The highest BCUT2D eigenvalue weighted by Gasteiger charge is 2.12. The van der Waals surface area contributed by atoms with Gasteiger partial charge in [0.15, 0.2) is 0 Å². The Balaban J connectivity index is 1.42. The molecule has 0 atom stereocenters. The van der Waals surface area contributed by atoms with E-state index in [0.29, 0.717) is 31.7 Å². The summed E-state index contributed by atoms with van der Waals surface area (Å²) in [6, 6.07) is 21.0. The fourth-order valence-electron chi connectivity index (χ4n) is 3.52. The summed E-state index contributed by atoms with van der Waals surface area (Å²) in [5.41, 5.74) is 3.61. The number of aryl methyl sites for hydroxylation is 1. The maximum Gasteiger partial charge on any atom is 0.251 e. The van der Waals surface area contributed by atoms with Crippen molar-refractivity contribution in [3.05, 3.63) is 93.2 Å². The second-order valence-corrected chi connectivity index (χ2v) is 8.76. The number of aromatic nitrogens is 2. The first-order valence-electron chi connectivity index (χ1n) is 10.4. The molecule has 5 nitrogen and oxygen atoms in total. The van der Waals surface area contributed by atoms with Crippen LogP contribution in [-0.2, 0) is 13.0 Å². The summed E-state index contributed by atoms with van der Waals surface area (Å²) < 4.78 is 9.05. The average Bonchev–Trinajstić information content (AvgIpc) is 3.14. The van der Waals surface area contributed by atoms with E-state index in [2.05, 4.69) is 31.9 Å². The number of nitrogens with one attached hydrogen (secondary N) is 1. The van der Waals surface area contributed by atoms with Crippen LogP contribution in [0.4, 0.5) is 0 Å². The fourth-order valence-corrected chi connectivity index (χ4v) is 3.90. The number of carbonyl (C=O) groups is 1. The number of halogens is 2. The first kappa shape index (κ1) is 22.4. The largest absolute Gasteiger partial charge is 0.492 e. The molecule has 0 radical (unpaired) electrons. The first-order valence-corrected chi connectivity index (χ1v) is 11.6. The Labute approximate surface area is 200 Å². The van der Waals surface area contributed by atoms with E-state index in [1.54, 1.807) is 12.1 Å². The maximum absolute atomic E-state index is 12.4. The van der Waals surface area contributed by atoms with Gasteiger partial charge >= 0.3 is 0 Å². The molecule has 0 unspecified atom stereocenters. The van der Waals surface area contributed by atoms with Crippen LogP contribution in [0, 0.1) is 6.92 Å². The summed E-state index contributed by atoms with van der Waals surface area (Å²) in [6.07, 6.45) is 0.622. The molecule has 164 valence electrons. The molecule has 32 heavy (non-hydrogen) atoms. The monoisotopic (exact) mass is 511 g/mol. The summed E-state index contributed by atoms with van der Waals surface area (Å²) in [7, 11) is 0. The van der Waals surface area contributed by atoms with E-state index in [9.17, 15) is 4.79 Å². The number of carbonyl (C=O) groups excluding carboxylic acids is 1. The van der Waals surface area contributed by atoms with Gasteiger partial charge in [-0.05, 0) is 67.1 Å². The van der Waals surface area contributed by atoms with Gasteiger partial charge in [-0.25, -0.2) is 4.98 Å². The zero-order chi connectivity index (χ0) is 22.5. The summed E-state index contributed by atoms with van der Waals surface area (Å²) in [5.74, 6) is 1.61. The molecular formula is C25H23BrClN3O2. The maximum atomic E-state index is 12.4. The molecule has 0 aliphatic carbocycles. The molecule has 0 bridgehead atoms. The van der Waals surface area contributed by atoms with E-state index in [0.717, 1.165) is 37.7 Å². The molecule has 0 aliphatic heterocycles. The van der Waals surface area contributed by atoms with Crippen LogP contribution in [0.15, 0.2) is 71.2 Å². The number of fused-ring (bicyclic) bond motifs is 1. The molecule has 4 rings (SSSR count). The fraction of sp³-hybridized carbons (Fsp3) is 0.200. The molecule has 0 aliphatic rings. The lowest BCUT2D eigenvalue weighted by Gasteiger charge is -2.12. The van der Waals surface area contributed by atoms with Crippen LogP contribution in [0.1, 0.15) is 21.7 Å². The lowest BCUT2D eigenvalue weighted by atomic mass is 10.2. The van der Waals surface area contributed by atoms with Crippen molar-refractivity contribution in [1.82, 2.24) is 14.9 Å². The van der Waals surface area contributed by atoms with Crippen molar-refractivity contribution < 1.29 is 9.53 Å². The van der Waals surface area contributed by atoms with Gasteiger partial charge in [0.25, 0.3) is 5.91 Å². The minimum atomic E-state index is -0.0957. The molecule has 3 aromatic carbocycles. The van der Waals surface area contributed by atoms with Crippen molar-refractivity contribution in [2.45, 2.75) is 19.9 Å². The number of para-hydroxylation sites is 2. The van der Waals surface area contributed by atoms with E-state index in [-0.39, 0.29) is 5.91 Å². The molecular weight excluding hydrogens is 490 g/mol. The third kappa shape index (κ3) is 5.31. The zero-order valence-electron chi connectivity index (χ0n) is 17.6. The van der Waals surface area contributed by atoms with Gasteiger partial charge in [0, 0.05) is 28.0 Å². The van der Waals surface area contributed by atoms with Gasteiger partial charge in [0.05, 0.1) is 17.6 Å². The summed E-state index contributed by atoms with van der Waals surface area (Å²) in [5, 5.41) is 3.71. The molecule has 4 aromatic rings. The summed E-state index contributed by atoms with van der Waals surface area (Å²) >= 11 is 9.48. The Hall–Kier alpha value is -2.83. The number of hydrogen-bond donors (Lipinski definition) is 1. The molecule has 0 saturated carbocycles. The Kier molecular flexibility index (Phi) is 7.12. The lowest BCUT2D eigenvalue weighted by molar-refractivity contribution is 0.0954. The predicted octanol–water partition coefficient (Wildman–Crippen LogP) is 5.81. The predicted molar refractivity (Wildman–Crippen MR) is 132 cm³/mol. The van der Waals surface area contributed by atoms with Crippen molar-refractivity contribution in [2.75, 3.05) is 13.2 Å². The van der Waals surface area contributed by atoms with Crippen molar-refractivity contribution in [2.24, 2.45) is 0 Å². The third-order valence-electron chi connectivity index (χ3n) is 5.19. The van der Waals surface area contributed by atoms with Crippen molar-refractivity contribution in [1.29, 1.82) is 0 Å². The van der Waals surface area contributed by atoms with Gasteiger partial charge in [0.2, 0.25) is 0 Å². The minimum absolute atomic E-state index is 0.0957. The van der Waals surface area contributed by atoms with Crippen LogP contribution in [0.5, 0.6) is 5.75 Å². The Morgan fingerprint density at radius 3 is 2.69 bits per heavy atom. The van der Waals surface area contributed by atoms with Crippen molar-refractivity contribution in [3.63, 3.8) is 0 Å². The number of benzene rings is 3. The first-order chi connectivity index (χ1) is 15.5. The highest BCUT2D eigenvalue weighted by atomic mass is 79.9. The Bertz CT molecular complexity index is 1240. The van der Waals surface area contributed by atoms with E-state index in [1.165, 1.54) is 0 Å². The van der Waals surface area contributed by atoms with Crippen LogP contribution in [0.3, 0.4) is 0 Å². The molecule has 0 fully saturated rings. The van der Waals surface area contributed by atoms with Gasteiger partial charge in [0.1, 0.15) is 18.2 Å². The zero-order valence-corrected chi connectivity index (χ0v) is 20.0. The van der Waals surface area contributed by atoms with Crippen LogP contribution in [0.25, 0.3) is 11.0 Å². The number of amides is 1. The third-order valence-corrected chi connectivity index (χ3v) is 6.14. The van der Waals surface area contributed by atoms with Crippen LogP contribution in [0.2, 0.25) is 5.02 Å². The lowest BCUT2D eigenvalue weighted by Crippen LogP contribution is -2.26. The molecule has 1 amide bonds. The van der Waals surface area contributed by atoms with Gasteiger partial charge in [-0.2, -0.15) is 0 Å². The smallest absolute Gasteiger partial charge is 0.251 e. The average molecular weight is 513 g/mol. The summed E-state index contributed by atoms with van der Waals surface area (Å²) in [6.45, 7) is 3.60. The Morgan fingerprint density at radius 1 is 1.12 bits per heavy atom. The Morgan fingerprint density at radius 2 is 1.91 bits per heavy atom. The van der Waals surface area contributed by atoms with Gasteiger partial charge in [-0.1, -0.05) is 39.7 Å². The van der Waals surface area contributed by atoms with Crippen LogP contribution < -0.4 is 10.1 Å². The number of ether oxygens (including phenoxy) is 1. The van der Waals surface area contributed by atoms with Gasteiger partial charge < -0.3 is 14.6 Å². The number of rotatable bonds is 8. The van der Waals surface area contributed by atoms with Crippen LogP contribution >= 0.6 is 27.5 Å². The SMILES string of the molecule is Cc1cc(OCCn2c(CCNC(=O)c3ccc(Br)cc3)nc3ccccc32)ccc1Cl. The van der Waals surface area contributed by atoms with Gasteiger partial charge in [-0.15, -0.1) is 0 Å². The highest BCUT2D eigenvalue weighted by Crippen LogP contribution is 2.22. The molecule has 1 N–H and O–H groups in total. The van der Waals surface area contributed by atoms with Crippen LogP contribution in [-0.4, -0.2) is 28.6 Å². The standard InChI is InChI=1S/C25H23BrClN3O2/c1-17-16-20(10-11-21(17)27)32-15-14-30-23-5-3-2-4-22(23)29-24(30)12-13-28-25(31)18-6-8-19(26)9-7-18/h2-11,16H,12-15H2,1H3,(H,28,31). The quantitative estimate of drug-likeness (QED) is 0.324. The molecule has 0 saturated heterocycles. The number of imidazole rings is 1. The molecule has 1 heterocycles. The topological polar surface area (TPSA) is 56.1 Å². The van der Waals surface area contributed by atoms with Crippen molar-refractivity contribution >= 4 is 44.5 Å². The normalized spacial score (nSPS) is 11.0. The second-order valence-electron chi connectivity index (χ2n) is 7.44. The molecule has 0 spiro atoms. The summed E-state index contributed by atoms with van der Waals surface area (Å²) in [4.78, 5) is 17.2. The van der Waals surface area contributed by atoms with Crippen molar-refractivity contribution in [3.8, 4) is 5.75 Å². The minimum Gasteiger partial charge on any atom is -0.492 e. The second kappa shape index (κ2) is 10.2. The number of hydrogen-bond acceptors (Lipinski definition) is 3. The highest BCUT2D eigenvalue weighted by molar-refractivity contribution is 9.10. The van der Waals surface area contributed by atoms with E-state index < -0.39 is 0 Å². The van der Waals surface area contributed by atoms with E-state index in [4.69, 9.17) is 21.3 Å². The number of nitrogens with zero attached hydrogens (tertiary/aromatic N) is 2. The molecule has 1 aromatic heterocycles. The van der Waals surface area contributed by atoms with Gasteiger partial charge in [-0.3, -0.25) is 4.79 Å².